The van der Waals surface area contributed by atoms with Crippen molar-refractivity contribution in [3.05, 3.63) is 40.3 Å². The van der Waals surface area contributed by atoms with Crippen molar-refractivity contribution in [1.82, 2.24) is 15.1 Å². The quantitative estimate of drug-likeness (QED) is 0.574. The summed E-state index contributed by atoms with van der Waals surface area (Å²) in [5.74, 6) is -0.412. The number of aryl methyl sites for hydroxylation is 1. The van der Waals surface area contributed by atoms with Gasteiger partial charge in [-0.3, -0.25) is 19.4 Å². The molecule has 0 bridgehead atoms. The van der Waals surface area contributed by atoms with Gasteiger partial charge in [0.1, 0.15) is 10.9 Å². The lowest BCUT2D eigenvalue weighted by Crippen LogP contribution is -2.44. The van der Waals surface area contributed by atoms with Crippen LogP contribution in [-0.4, -0.2) is 71.9 Å². The topological polar surface area (TPSA) is 61.9 Å². The number of ether oxygens (including phenoxy) is 1. The van der Waals surface area contributed by atoms with Crippen LogP contribution in [0, 0.1) is 6.92 Å². The van der Waals surface area contributed by atoms with E-state index in [1.165, 1.54) is 16.7 Å². The first-order valence-electron chi connectivity index (χ1n) is 8.92. The fourth-order valence-electron chi connectivity index (χ4n) is 2.83. The maximum absolute atomic E-state index is 12.6. The Hall–Kier alpha value is -1.74. The number of morpholine rings is 1. The second kappa shape index (κ2) is 9.45. The monoisotopic (exact) mass is 405 g/mol. The van der Waals surface area contributed by atoms with Crippen LogP contribution in [0.3, 0.4) is 0 Å². The van der Waals surface area contributed by atoms with E-state index in [2.05, 4.69) is 10.2 Å². The third kappa shape index (κ3) is 5.62. The molecule has 6 nitrogen and oxygen atoms in total. The molecule has 1 aromatic carbocycles. The van der Waals surface area contributed by atoms with Crippen molar-refractivity contribution in [2.75, 3.05) is 45.9 Å². The number of hydrogen-bond donors (Lipinski definition) is 1. The van der Waals surface area contributed by atoms with E-state index in [4.69, 9.17) is 17.0 Å². The molecule has 2 saturated heterocycles. The molecule has 2 fully saturated rings. The molecule has 0 saturated carbocycles. The lowest BCUT2D eigenvalue weighted by molar-refractivity contribution is -0.128. The molecule has 0 aromatic heterocycles. The molecule has 0 spiro atoms. The van der Waals surface area contributed by atoms with Gasteiger partial charge in [0.25, 0.3) is 5.91 Å². The van der Waals surface area contributed by atoms with E-state index in [-0.39, 0.29) is 18.4 Å². The molecule has 2 heterocycles. The lowest BCUT2D eigenvalue weighted by atomic mass is 10.1. The maximum atomic E-state index is 12.6. The fraction of sp³-hybridized carbons (Fsp3) is 0.421. The van der Waals surface area contributed by atoms with Gasteiger partial charge >= 0.3 is 0 Å². The van der Waals surface area contributed by atoms with Crippen LogP contribution in [-0.2, 0) is 14.3 Å². The lowest BCUT2D eigenvalue weighted by Gasteiger charge is -2.26. The summed E-state index contributed by atoms with van der Waals surface area (Å²) in [6.07, 6.45) is 1.81. The van der Waals surface area contributed by atoms with Gasteiger partial charge in [0.05, 0.1) is 18.1 Å². The Balaban J connectivity index is 1.50. The summed E-state index contributed by atoms with van der Waals surface area (Å²) in [5, 5.41) is 2.87. The summed E-state index contributed by atoms with van der Waals surface area (Å²) >= 11 is 6.53. The van der Waals surface area contributed by atoms with E-state index in [1.54, 1.807) is 0 Å². The van der Waals surface area contributed by atoms with Crippen molar-refractivity contribution in [1.29, 1.82) is 0 Å². The normalized spacial score (nSPS) is 19.7. The molecular weight excluding hydrogens is 382 g/mol. The molecule has 3 rings (SSSR count). The van der Waals surface area contributed by atoms with Crippen LogP contribution in [0.2, 0.25) is 0 Å². The van der Waals surface area contributed by atoms with Crippen LogP contribution in [0.25, 0.3) is 6.08 Å². The number of thioether (sulfide) groups is 1. The third-order valence-corrected chi connectivity index (χ3v) is 5.78. The Morgan fingerprint density at radius 3 is 2.70 bits per heavy atom. The van der Waals surface area contributed by atoms with Gasteiger partial charge in [0, 0.05) is 26.2 Å². The molecule has 2 aliphatic rings. The largest absolute Gasteiger partial charge is 0.379 e. The van der Waals surface area contributed by atoms with E-state index in [1.807, 2.05) is 37.3 Å². The Morgan fingerprint density at radius 2 is 2.00 bits per heavy atom. The first-order chi connectivity index (χ1) is 13.0. The molecule has 144 valence electrons. The van der Waals surface area contributed by atoms with Crippen molar-refractivity contribution in [2.45, 2.75) is 6.92 Å². The van der Waals surface area contributed by atoms with Gasteiger partial charge in [-0.2, -0.15) is 0 Å². The summed E-state index contributed by atoms with van der Waals surface area (Å²) in [7, 11) is 0. The van der Waals surface area contributed by atoms with E-state index in [0.717, 1.165) is 44.0 Å². The average Bonchev–Trinajstić information content (AvgIpc) is 2.92. The summed E-state index contributed by atoms with van der Waals surface area (Å²) < 4.78 is 5.72. The molecule has 8 heteroatoms. The Morgan fingerprint density at radius 1 is 1.30 bits per heavy atom. The highest BCUT2D eigenvalue weighted by Gasteiger charge is 2.33. The number of amides is 2. The van der Waals surface area contributed by atoms with E-state index in [0.29, 0.717) is 15.8 Å². The van der Waals surface area contributed by atoms with Gasteiger partial charge < -0.3 is 10.1 Å². The molecule has 2 amide bonds. The highest BCUT2D eigenvalue weighted by molar-refractivity contribution is 8.26. The van der Waals surface area contributed by atoms with Crippen LogP contribution in [0.4, 0.5) is 0 Å². The van der Waals surface area contributed by atoms with Crippen LogP contribution in [0.5, 0.6) is 0 Å². The molecule has 0 atom stereocenters. The first-order valence-corrected chi connectivity index (χ1v) is 10.1. The minimum Gasteiger partial charge on any atom is -0.379 e. The maximum Gasteiger partial charge on any atom is 0.266 e. The molecular formula is C19H23N3O3S2. The molecule has 1 aromatic rings. The van der Waals surface area contributed by atoms with Gasteiger partial charge in [-0.15, -0.1) is 0 Å². The average molecular weight is 406 g/mol. The van der Waals surface area contributed by atoms with Gasteiger partial charge in [-0.25, -0.2) is 0 Å². The molecule has 1 N–H and O–H groups in total. The molecule has 0 radical (unpaired) electrons. The molecule has 0 unspecified atom stereocenters. The summed E-state index contributed by atoms with van der Waals surface area (Å²) in [6.45, 7) is 6.53. The van der Waals surface area contributed by atoms with Crippen LogP contribution in [0.15, 0.2) is 29.2 Å². The number of carbonyl (C=O) groups is 2. The predicted molar refractivity (Wildman–Crippen MR) is 111 cm³/mol. The van der Waals surface area contributed by atoms with Crippen molar-refractivity contribution in [3.63, 3.8) is 0 Å². The number of carbonyl (C=O) groups excluding carboxylic acids is 2. The van der Waals surface area contributed by atoms with E-state index < -0.39 is 0 Å². The van der Waals surface area contributed by atoms with E-state index in [9.17, 15) is 9.59 Å². The SMILES string of the molecule is Cc1ccc(/C=C2\SC(=S)N(CC(=O)NCCN3CCOCC3)C2=O)cc1. The molecule has 0 aliphatic carbocycles. The summed E-state index contributed by atoms with van der Waals surface area (Å²) in [6, 6.07) is 7.91. The predicted octanol–water partition coefficient (Wildman–Crippen LogP) is 1.64. The summed E-state index contributed by atoms with van der Waals surface area (Å²) in [4.78, 5) is 28.9. The highest BCUT2D eigenvalue weighted by Crippen LogP contribution is 2.32. The zero-order chi connectivity index (χ0) is 19.2. The Bertz CT molecular complexity index is 743. The third-order valence-electron chi connectivity index (χ3n) is 4.40. The Labute approximate surface area is 168 Å². The van der Waals surface area contributed by atoms with E-state index >= 15 is 0 Å². The second-order valence-corrected chi connectivity index (χ2v) is 8.16. The molecule has 27 heavy (non-hydrogen) atoms. The number of nitrogens with one attached hydrogen (secondary N) is 1. The minimum atomic E-state index is -0.214. The zero-order valence-electron chi connectivity index (χ0n) is 15.3. The van der Waals surface area contributed by atoms with Crippen LogP contribution >= 0.6 is 24.0 Å². The minimum absolute atomic E-state index is 0.0426. The van der Waals surface area contributed by atoms with Gasteiger partial charge in [0.2, 0.25) is 5.91 Å². The standard InChI is InChI=1S/C19H23N3O3S2/c1-14-2-4-15(5-3-14)12-16-18(24)22(19(26)27-16)13-17(23)20-6-7-21-8-10-25-11-9-21/h2-5,12H,6-11,13H2,1H3,(H,20,23)/b16-12-. The highest BCUT2D eigenvalue weighted by atomic mass is 32.2. The van der Waals surface area contributed by atoms with Crippen LogP contribution < -0.4 is 5.32 Å². The molecule has 2 aliphatic heterocycles. The smallest absolute Gasteiger partial charge is 0.266 e. The fourth-order valence-corrected chi connectivity index (χ4v) is 4.08. The Kier molecular flexibility index (Phi) is 7.01. The van der Waals surface area contributed by atoms with Crippen molar-refractivity contribution in [2.24, 2.45) is 0 Å². The summed E-state index contributed by atoms with van der Waals surface area (Å²) in [5.41, 5.74) is 2.10. The number of benzene rings is 1. The second-order valence-electron chi connectivity index (χ2n) is 6.48. The number of thiocarbonyl (C=S) groups is 1. The zero-order valence-corrected chi connectivity index (χ0v) is 16.9. The van der Waals surface area contributed by atoms with Crippen LogP contribution in [0.1, 0.15) is 11.1 Å². The van der Waals surface area contributed by atoms with Gasteiger partial charge in [0.15, 0.2) is 0 Å². The van der Waals surface area contributed by atoms with Gasteiger partial charge in [-0.05, 0) is 18.6 Å². The number of rotatable bonds is 6. The first kappa shape index (κ1) is 20.0. The van der Waals surface area contributed by atoms with Crippen molar-refractivity contribution in [3.8, 4) is 0 Å². The van der Waals surface area contributed by atoms with Crippen molar-refractivity contribution < 1.29 is 14.3 Å². The number of nitrogens with zero attached hydrogens (tertiary/aromatic N) is 2. The number of hydrogen-bond acceptors (Lipinski definition) is 6. The van der Waals surface area contributed by atoms with Gasteiger partial charge in [-0.1, -0.05) is 53.8 Å². The van der Waals surface area contributed by atoms with Crippen molar-refractivity contribution >= 4 is 46.2 Å².